The first-order valence-electron chi connectivity index (χ1n) is 5.69. The van der Waals surface area contributed by atoms with Gasteiger partial charge in [-0.2, -0.15) is 4.98 Å². The van der Waals surface area contributed by atoms with Crippen molar-refractivity contribution >= 4 is 21.8 Å². The van der Waals surface area contributed by atoms with Crippen LogP contribution in [0.5, 0.6) is 0 Å². The SMILES string of the molecule is CCNc1cc(C)nc(NCCNS(C)(=O)=O)n1. The lowest BCUT2D eigenvalue weighted by Gasteiger charge is -2.08. The minimum absolute atomic E-state index is 0.298. The fourth-order valence-corrected chi connectivity index (χ4v) is 1.80. The number of aryl methyl sites for hydroxylation is 1. The highest BCUT2D eigenvalue weighted by Gasteiger charge is 2.02. The second-order valence-electron chi connectivity index (χ2n) is 3.84. The molecule has 0 amide bonds. The van der Waals surface area contributed by atoms with Crippen LogP contribution in [0.4, 0.5) is 11.8 Å². The fourth-order valence-electron chi connectivity index (χ4n) is 1.33. The van der Waals surface area contributed by atoms with Gasteiger partial charge in [0.05, 0.1) is 6.26 Å². The molecular weight excluding hydrogens is 254 g/mol. The Kier molecular flexibility index (Phi) is 5.29. The predicted octanol–water partition coefficient (Wildman–Crippen LogP) is 0.178. The van der Waals surface area contributed by atoms with E-state index >= 15 is 0 Å². The van der Waals surface area contributed by atoms with Crippen molar-refractivity contribution in [1.82, 2.24) is 14.7 Å². The van der Waals surface area contributed by atoms with E-state index in [1.165, 1.54) is 0 Å². The second-order valence-corrected chi connectivity index (χ2v) is 5.67. The first-order valence-corrected chi connectivity index (χ1v) is 7.58. The van der Waals surface area contributed by atoms with Gasteiger partial charge < -0.3 is 10.6 Å². The fraction of sp³-hybridized carbons (Fsp3) is 0.600. The van der Waals surface area contributed by atoms with Gasteiger partial charge >= 0.3 is 0 Å². The molecule has 0 saturated heterocycles. The number of aromatic nitrogens is 2. The van der Waals surface area contributed by atoms with E-state index in [1.54, 1.807) is 0 Å². The second kappa shape index (κ2) is 6.50. The molecule has 0 radical (unpaired) electrons. The quantitative estimate of drug-likeness (QED) is 0.613. The molecule has 0 aliphatic rings. The number of hydrogen-bond acceptors (Lipinski definition) is 6. The first-order chi connectivity index (χ1) is 8.40. The van der Waals surface area contributed by atoms with Gasteiger partial charge in [0.1, 0.15) is 5.82 Å². The molecule has 0 bridgehead atoms. The van der Waals surface area contributed by atoms with Crippen molar-refractivity contribution in [3.05, 3.63) is 11.8 Å². The summed E-state index contributed by atoms with van der Waals surface area (Å²) in [7, 11) is -3.15. The Morgan fingerprint density at radius 1 is 1.22 bits per heavy atom. The van der Waals surface area contributed by atoms with Crippen molar-refractivity contribution < 1.29 is 8.42 Å². The Hall–Kier alpha value is -1.41. The van der Waals surface area contributed by atoms with Gasteiger partial charge in [-0.1, -0.05) is 0 Å². The molecule has 0 aromatic carbocycles. The smallest absolute Gasteiger partial charge is 0.224 e. The van der Waals surface area contributed by atoms with Crippen molar-refractivity contribution in [1.29, 1.82) is 0 Å². The van der Waals surface area contributed by atoms with Crippen molar-refractivity contribution in [2.24, 2.45) is 0 Å². The molecule has 1 rings (SSSR count). The molecule has 18 heavy (non-hydrogen) atoms. The van der Waals surface area contributed by atoms with E-state index in [0.29, 0.717) is 19.0 Å². The van der Waals surface area contributed by atoms with Crippen molar-refractivity contribution in [2.75, 3.05) is 36.5 Å². The summed E-state index contributed by atoms with van der Waals surface area (Å²) in [6, 6.07) is 1.85. The van der Waals surface area contributed by atoms with E-state index in [-0.39, 0.29) is 0 Å². The molecule has 0 atom stereocenters. The van der Waals surface area contributed by atoms with Gasteiger partial charge in [-0.25, -0.2) is 18.1 Å². The molecule has 0 saturated carbocycles. The van der Waals surface area contributed by atoms with Crippen LogP contribution < -0.4 is 15.4 Å². The summed E-state index contributed by atoms with van der Waals surface area (Å²) in [6.45, 7) is 5.38. The van der Waals surface area contributed by atoms with Gasteiger partial charge in [-0.3, -0.25) is 0 Å². The monoisotopic (exact) mass is 273 g/mol. The predicted molar refractivity (Wildman–Crippen MR) is 72.3 cm³/mol. The lowest BCUT2D eigenvalue weighted by atomic mass is 10.4. The third kappa shape index (κ3) is 5.78. The average Bonchev–Trinajstić information content (AvgIpc) is 2.23. The molecule has 0 aliphatic heterocycles. The van der Waals surface area contributed by atoms with Crippen LogP contribution in [0.3, 0.4) is 0 Å². The highest BCUT2D eigenvalue weighted by molar-refractivity contribution is 7.88. The lowest BCUT2D eigenvalue weighted by molar-refractivity contribution is 0.589. The van der Waals surface area contributed by atoms with Crippen molar-refractivity contribution in [3.63, 3.8) is 0 Å². The average molecular weight is 273 g/mol. The van der Waals surface area contributed by atoms with Gasteiger partial charge in [0, 0.05) is 31.4 Å². The van der Waals surface area contributed by atoms with Crippen LogP contribution >= 0.6 is 0 Å². The number of nitrogens with one attached hydrogen (secondary N) is 3. The highest BCUT2D eigenvalue weighted by Crippen LogP contribution is 2.08. The minimum atomic E-state index is -3.15. The summed E-state index contributed by atoms with van der Waals surface area (Å²) in [4.78, 5) is 8.46. The van der Waals surface area contributed by atoms with Gasteiger partial charge in [0.15, 0.2) is 0 Å². The zero-order valence-electron chi connectivity index (χ0n) is 10.8. The summed E-state index contributed by atoms with van der Waals surface area (Å²) < 4.78 is 24.1. The molecule has 1 aromatic rings. The Balaban J connectivity index is 2.51. The van der Waals surface area contributed by atoms with E-state index in [9.17, 15) is 8.42 Å². The molecule has 7 nitrogen and oxygen atoms in total. The molecule has 0 aliphatic carbocycles. The maximum absolute atomic E-state index is 10.9. The number of sulfonamides is 1. The maximum atomic E-state index is 10.9. The summed E-state index contributed by atoms with van der Waals surface area (Å²) in [5, 5.41) is 6.07. The molecule has 1 heterocycles. The molecule has 3 N–H and O–H groups in total. The number of rotatable bonds is 7. The largest absolute Gasteiger partial charge is 0.370 e. The summed E-state index contributed by atoms with van der Waals surface area (Å²) in [5.41, 5.74) is 0.847. The molecule has 0 fully saturated rings. The van der Waals surface area contributed by atoms with Crippen LogP contribution in [0, 0.1) is 6.92 Å². The van der Waals surface area contributed by atoms with E-state index in [4.69, 9.17) is 0 Å². The number of anilines is 2. The van der Waals surface area contributed by atoms with Crippen LogP contribution in [-0.2, 0) is 10.0 Å². The van der Waals surface area contributed by atoms with Crippen LogP contribution in [0.2, 0.25) is 0 Å². The van der Waals surface area contributed by atoms with E-state index < -0.39 is 10.0 Å². The maximum Gasteiger partial charge on any atom is 0.224 e. The Morgan fingerprint density at radius 3 is 2.56 bits per heavy atom. The standard InChI is InChI=1S/C10H19N5O2S/c1-4-11-9-7-8(2)14-10(15-9)12-5-6-13-18(3,16)17/h7,13H,4-6H2,1-3H3,(H2,11,12,14,15). The minimum Gasteiger partial charge on any atom is -0.370 e. The van der Waals surface area contributed by atoms with Gasteiger partial charge in [0.25, 0.3) is 0 Å². The molecular formula is C10H19N5O2S. The zero-order valence-corrected chi connectivity index (χ0v) is 11.6. The van der Waals surface area contributed by atoms with Crippen LogP contribution in [0.1, 0.15) is 12.6 Å². The zero-order chi connectivity index (χ0) is 13.6. The van der Waals surface area contributed by atoms with Crippen LogP contribution in [0.25, 0.3) is 0 Å². The summed E-state index contributed by atoms with van der Waals surface area (Å²) in [5.74, 6) is 1.24. The topological polar surface area (TPSA) is 96.0 Å². The molecule has 0 spiro atoms. The van der Waals surface area contributed by atoms with Gasteiger partial charge in [-0.05, 0) is 13.8 Å². The van der Waals surface area contributed by atoms with E-state index in [2.05, 4.69) is 25.3 Å². The lowest BCUT2D eigenvalue weighted by Crippen LogP contribution is -2.28. The summed E-state index contributed by atoms with van der Waals surface area (Å²) in [6.07, 6.45) is 1.12. The Morgan fingerprint density at radius 2 is 1.94 bits per heavy atom. The van der Waals surface area contributed by atoms with E-state index in [0.717, 1.165) is 24.3 Å². The van der Waals surface area contributed by atoms with Gasteiger partial charge in [-0.15, -0.1) is 0 Å². The number of nitrogens with zero attached hydrogens (tertiary/aromatic N) is 2. The summed E-state index contributed by atoms with van der Waals surface area (Å²) >= 11 is 0. The van der Waals surface area contributed by atoms with Crippen molar-refractivity contribution in [2.45, 2.75) is 13.8 Å². The normalized spacial score (nSPS) is 11.3. The molecule has 0 unspecified atom stereocenters. The van der Waals surface area contributed by atoms with Gasteiger partial charge in [0.2, 0.25) is 16.0 Å². The third-order valence-electron chi connectivity index (χ3n) is 1.98. The van der Waals surface area contributed by atoms with Crippen LogP contribution in [0.15, 0.2) is 6.07 Å². The molecule has 102 valence electrons. The highest BCUT2D eigenvalue weighted by atomic mass is 32.2. The van der Waals surface area contributed by atoms with Crippen LogP contribution in [-0.4, -0.2) is 44.3 Å². The third-order valence-corrected chi connectivity index (χ3v) is 2.71. The molecule has 1 aromatic heterocycles. The Bertz CT molecular complexity index is 489. The Labute approximate surface area is 107 Å². The van der Waals surface area contributed by atoms with Crippen molar-refractivity contribution in [3.8, 4) is 0 Å². The molecule has 8 heteroatoms. The van der Waals surface area contributed by atoms with E-state index in [1.807, 2.05) is 19.9 Å². The first kappa shape index (κ1) is 14.7. The number of hydrogen-bond donors (Lipinski definition) is 3.